The Hall–Kier alpha value is -0.610. The maximum Gasteiger partial charge on any atom is 0.0685 e. The molecule has 1 aromatic rings. The molecule has 1 saturated heterocycles. The molecule has 2 atom stereocenters. The number of rotatable bonds is 4. The van der Waals surface area contributed by atoms with Gasteiger partial charge in [0.05, 0.1) is 5.60 Å². The fourth-order valence-electron chi connectivity index (χ4n) is 4.01. The summed E-state index contributed by atoms with van der Waals surface area (Å²) in [6, 6.07) is 8.40. The van der Waals surface area contributed by atoms with Crippen LogP contribution < -0.4 is 11.3 Å². The number of halogens is 1. The zero-order chi connectivity index (χ0) is 14.7. The SMILES string of the molecule is NNC(Cc1ccc(Cl)cc1)C1CCOC2(CCCC2)C1. The molecule has 3 rings (SSSR count). The molecule has 116 valence electrons. The Morgan fingerprint density at radius 2 is 2.00 bits per heavy atom. The standard InChI is InChI=1S/C17H25ClN2O/c18-15-5-3-13(4-6-15)11-16(20-19)14-7-10-21-17(12-14)8-1-2-9-17/h3-6,14,16,20H,1-2,7-12,19H2. The van der Waals surface area contributed by atoms with Gasteiger partial charge in [-0.25, -0.2) is 0 Å². The molecule has 0 amide bonds. The zero-order valence-corrected chi connectivity index (χ0v) is 13.2. The highest BCUT2D eigenvalue weighted by Crippen LogP contribution is 2.43. The summed E-state index contributed by atoms with van der Waals surface area (Å²) >= 11 is 5.96. The molecule has 1 saturated carbocycles. The number of nitrogens with two attached hydrogens (primary N) is 1. The molecule has 1 aromatic carbocycles. The highest BCUT2D eigenvalue weighted by Gasteiger charge is 2.41. The molecule has 1 aliphatic carbocycles. The Morgan fingerprint density at radius 1 is 1.29 bits per heavy atom. The van der Waals surface area contributed by atoms with Gasteiger partial charge in [0.25, 0.3) is 0 Å². The minimum absolute atomic E-state index is 0.151. The average Bonchev–Trinajstić information content (AvgIpc) is 2.94. The molecular weight excluding hydrogens is 284 g/mol. The van der Waals surface area contributed by atoms with E-state index >= 15 is 0 Å². The first-order chi connectivity index (χ1) is 10.2. The summed E-state index contributed by atoms with van der Waals surface area (Å²) in [6.07, 6.45) is 8.27. The lowest BCUT2D eigenvalue weighted by Crippen LogP contribution is -2.48. The number of hydrogen-bond donors (Lipinski definition) is 2. The number of ether oxygens (including phenoxy) is 1. The van der Waals surface area contributed by atoms with Crippen LogP contribution in [0.15, 0.2) is 24.3 Å². The summed E-state index contributed by atoms with van der Waals surface area (Å²) in [6.45, 7) is 0.878. The van der Waals surface area contributed by atoms with E-state index in [1.807, 2.05) is 12.1 Å². The van der Waals surface area contributed by atoms with Crippen molar-refractivity contribution in [1.82, 2.24) is 5.43 Å². The highest BCUT2D eigenvalue weighted by atomic mass is 35.5. The first-order valence-electron chi connectivity index (χ1n) is 8.05. The number of nitrogens with one attached hydrogen (secondary N) is 1. The van der Waals surface area contributed by atoms with E-state index in [1.54, 1.807) is 0 Å². The van der Waals surface area contributed by atoms with Gasteiger partial charge < -0.3 is 4.74 Å². The van der Waals surface area contributed by atoms with Crippen molar-refractivity contribution in [3.05, 3.63) is 34.9 Å². The largest absolute Gasteiger partial charge is 0.375 e. The van der Waals surface area contributed by atoms with E-state index in [-0.39, 0.29) is 5.60 Å². The van der Waals surface area contributed by atoms with Gasteiger partial charge in [0.1, 0.15) is 0 Å². The van der Waals surface area contributed by atoms with Crippen LogP contribution in [0.25, 0.3) is 0 Å². The van der Waals surface area contributed by atoms with E-state index in [0.29, 0.717) is 12.0 Å². The van der Waals surface area contributed by atoms with Crippen molar-refractivity contribution < 1.29 is 4.74 Å². The second-order valence-electron chi connectivity index (χ2n) is 6.60. The van der Waals surface area contributed by atoms with Gasteiger partial charge in [0.15, 0.2) is 0 Å². The van der Waals surface area contributed by atoms with Gasteiger partial charge >= 0.3 is 0 Å². The van der Waals surface area contributed by atoms with Gasteiger partial charge in [0, 0.05) is 17.7 Å². The summed E-state index contributed by atoms with van der Waals surface area (Å²) in [7, 11) is 0. The van der Waals surface area contributed by atoms with Crippen LogP contribution in [0.4, 0.5) is 0 Å². The van der Waals surface area contributed by atoms with Gasteiger partial charge in [-0.2, -0.15) is 0 Å². The topological polar surface area (TPSA) is 47.3 Å². The van der Waals surface area contributed by atoms with Crippen LogP contribution in [0.2, 0.25) is 5.02 Å². The predicted octanol–water partition coefficient (Wildman–Crippen LogP) is 3.45. The van der Waals surface area contributed by atoms with Crippen molar-refractivity contribution in [2.75, 3.05) is 6.61 Å². The monoisotopic (exact) mass is 308 g/mol. The van der Waals surface area contributed by atoms with Crippen LogP contribution in [0.5, 0.6) is 0 Å². The van der Waals surface area contributed by atoms with Crippen LogP contribution in [-0.2, 0) is 11.2 Å². The fraction of sp³-hybridized carbons (Fsp3) is 0.647. The molecular formula is C17H25ClN2O. The van der Waals surface area contributed by atoms with E-state index < -0.39 is 0 Å². The highest BCUT2D eigenvalue weighted by molar-refractivity contribution is 6.30. The summed E-state index contributed by atoms with van der Waals surface area (Å²) in [5.41, 5.74) is 4.49. The molecule has 2 unspecified atom stereocenters. The normalized spacial score (nSPS) is 26.1. The smallest absolute Gasteiger partial charge is 0.0685 e. The summed E-state index contributed by atoms with van der Waals surface area (Å²) in [5.74, 6) is 6.45. The van der Waals surface area contributed by atoms with Gasteiger partial charge in [-0.05, 0) is 55.7 Å². The number of hydrazine groups is 1. The van der Waals surface area contributed by atoms with E-state index in [0.717, 1.165) is 30.9 Å². The summed E-state index contributed by atoms with van der Waals surface area (Å²) in [4.78, 5) is 0. The van der Waals surface area contributed by atoms with Crippen LogP contribution in [0.1, 0.15) is 44.1 Å². The Morgan fingerprint density at radius 3 is 2.67 bits per heavy atom. The number of hydrogen-bond acceptors (Lipinski definition) is 3. The third kappa shape index (κ3) is 3.59. The predicted molar refractivity (Wildman–Crippen MR) is 86.1 cm³/mol. The van der Waals surface area contributed by atoms with Crippen LogP contribution in [0.3, 0.4) is 0 Å². The average molecular weight is 309 g/mol. The molecule has 2 fully saturated rings. The molecule has 0 bridgehead atoms. The van der Waals surface area contributed by atoms with E-state index in [1.165, 1.54) is 31.2 Å². The molecule has 3 nitrogen and oxygen atoms in total. The third-order valence-corrected chi connectivity index (χ3v) is 5.45. The van der Waals surface area contributed by atoms with E-state index in [2.05, 4.69) is 17.6 Å². The van der Waals surface area contributed by atoms with Crippen LogP contribution in [-0.4, -0.2) is 18.2 Å². The molecule has 21 heavy (non-hydrogen) atoms. The molecule has 1 aliphatic heterocycles. The molecule has 1 spiro atoms. The minimum atomic E-state index is 0.151. The zero-order valence-electron chi connectivity index (χ0n) is 12.5. The third-order valence-electron chi connectivity index (χ3n) is 5.20. The van der Waals surface area contributed by atoms with Crippen molar-refractivity contribution in [2.24, 2.45) is 11.8 Å². The first-order valence-corrected chi connectivity index (χ1v) is 8.43. The van der Waals surface area contributed by atoms with Crippen molar-refractivity contribution in [1.29, 1.82) is 0 Å². The maximum atomic E-state index is 6.13. The maximum absolute atomic E-state index is 6.13. The summed E-state index contributed by atoms with van der Waals surface area (Å²) < 4.78 is 6.13. The quantitative estimate of drug-likeness (QED) is 0.661. The summed E-state index contributed by atoms with van der Waals surface area (Å²) in [5, 5.41) is 0.784. The Balaban J connectivity index is 1.66. The lowest BCUT2D eigenvalue weighted by Gasteiger charge is -2.41. The second-order valence-corrected chi connectivity index (χ2v) is 7.03. The molecule has 2 aliphatic rings. The van der Waals surface area contributed by atoms with Gasteiger partial charge in [-0.1, -0.05) is 36.6 Å². The van der Waals surface area contributed by atoms with Gasteiger partial charge in [-0.3, -0.25) is 11.3 Å². The van der Waals surface area contributed by atoms with E-state index in [9.17, 15) is 0 Å². The molecule has 4 heteroatoms. The molecule has 0 aromatic heterocycles. The van der Waals surface area contributed by atoms with Crippen LogP contribution in [0, 0.1) is 5.92 Å². The van der Waals surface area contributed by atoms with Crippen LogP contribution >= 0.6 is 11.6 Å². The molecule has 3 N–H and O–H groups in total. The Kier molecular flexibility index (Phi) is 4.85. The lowest BCUT2D eigenvalue weighted by molar-refractivity contribution is -0.0978. The van der Waals surface area contributed by atoms with Gasteiger partial charge in [-0.15, -0.1) is 0 Å². The Bertz CT molecular complexity index is 456. The second kappa shape index (κ2) is 6.66. The van der Waals surface area contributed by atoms with Gasteiger partial charge in [0.2, 0.25) is 0 Å². The Labute approximate surface area is 132 Å². The molecule has 1 heterocycles. The van der Waals surface area contributed by atoms with E-state index in [4.69, 9.17) is 22.2 Å². The fourth-order valence-corrected chi connectivity index (χ4v) is 4.14. The lowest BCUT2D eigenvalue weighted by atomic mass is 9.79. The first kappa shape index (κ1) is 15.3. The van der Waals surface area contributed by atoms with Crippen molar-refractivity contribution in [3.8, 4) is 0 Å². The van der Waals surface area contributed by atoms with Crippen molar-refractivity contribution >= 4 is 11.6 Å². The minimum Gasteiger partial charge on any atom is -0.375 e. The number of benzene rings is 1. The van der Waals surface area contributed by atoms with Crippen molar-refractivity contribution in [3.63, 3.8) is 0 Å². The molecule has 0 radical (unpaired) electrons. The van der Waals surface area contributed by atoms with Crippen molar-refractivity contribution in [2.45, 2.75) is 56.6 Å².